The van der Waals surface area contributed by atoms with Crippen LogP contribution in [0, 0.1) is 11.6 Å². The van der Waals surface area contributed by atoms with Crippen LogP contribution in [0.15, 0.2) is 42.7 Å². The van der Waals surface area contributed by atoms with E-state index in [0.29, 0.717) is 23.5 Å². The molecule has 0 atom stereocenters. The summed E-state index contributed by atoms with van der Waals surface area (Å²) in [5.41, 5.74) is 1.43. The fraction of sp³-hybridized carbons (Fsp3) is 0.176. The summed E-state index contributed by atoms with van der Waals surface area (Å²) in [5, 5.41) is 10.6. The highest BCUT2D eigenvalue weighted by molar-refractivity contribution is 5.90. The molecule has 2 heterocycles. The molecule has 0 fully saturated rings. The van der Waals surface area contributed by atoms with E-state index in [1.165, 1.54) is 29.1 Å². The van der Waals surface area contributed by atoms with Crippen molar-refractivity contribution in [2.24, 2.45) is 0 Å². The van der Waals surface area contributed by atoms with Crippen LogP contribution in [0.25, 0.3) is 11.4 Å². The minimum absolute atomic E-state index is 0.0855. The van der Waals surface area contributed by atoms with E-state index >= 15 is 0 Å². The van der Waals surface area contributed by atoms with Gasteiger partial charge in [0.1, 0.15) is 17.3 Å². The molecule has 0 aliphatic heterocycles. The number of rotatable bonds is 5. The summed E-state index contributed by atoms with van der Waals surface area (Å²) in [6.45, 7) is 1.67. The standard InChI is InChI=1S/C17H15F2N5O/c1-2-17(25)21-11-6-7-20-15(8-11)16-10-24(23-22-16)9-12-13(18)4-3-5-14(12)19/h3-8,10H,2,9H2,1H3,(H,20,21,25). The van der Waals surface area contributed by atoms with Gasteiger partial charge >= 0.3 is 0 Å². The fourth-order valence-corrected chi connectivity index (χ4v) is 2.24. The molecule has 0 bridgehead atoms. The summed E-state index contributed by atoms with van der Waals surface area (Å²) < 4.78 is 28.8. The van der Waals surface area contributed by atoms with Crippen molar-refractivity contribution >= 4 is 11.6 Å². The Balaban J connectivity index is 1.82. The van der Waals surface area contributed by atoms with Crippen molar-refractivity contribution in [1.29, 1.82) is 0 Å². The van der Waals surface area contributed by atoms with Crippen LogP contribution in [-0.2, 0) is 11.3 Å². The average Bonchev–Trinajstić information content (AvgIpc) is 3.07. The lowest BCUT2D eigenvalue weighted by Crippen LogP contribution is -2.09. The molecule has 0 aliphatic rings. The van der Waals surface area contributed by atoms with Gasteiger partial charge < -0.3 is 5.32 Å². The molecule has 0 saturated carbocycles. The molecular weight excluding hydrogens is 328 g/mol. The predicted molar refractivity (Wildman–Crippen MR) is 87.6 cm³/mol. The second kappa shape index (κ2) is 7.16. The quantitative estimate of drug-likeness (QED) is 0.773. The van der Waals surface area contributed by atoms with Crippen LogP contribution in [0.2, 0.25) is 0 Å². The summed E-state index contributed by atoms with van der Waals surface area (Å²) in [4.78, 5) is 15.6. The Bertz CT molecular complexity index is 889. The zero-order valence-electron chi connectivity index (χ0n) is 13.4. The first-order valence-electron chi connectivity index (χ1n) is 7.66. The molecule has 0 unspecified atom stereocenters. The molecule has 0 radical (unpaired) electrons. The van der Waals surface area contributed by atoms with E-state index < -0.39 is 11.6 Å². The van der Waals surface area contributed by atoms with E-state index in [0.717, 1.165) is 0 Å². The van der Waals surface area contributed by atoms with Crippen molar-refractivity contribution in [2.45, 2.75) is 19.9 Å². The highest BCUT2D eigenvalue weighted by atomic mass is 19.1. The maximum absolute atomic E-state index is 13.7. The van der Waals surface area contributed by atoms with Gasteiger partial charge in [-0.2, -0.15) is 0 Å². The number of benzene rings is 1. The number of carbonyl (C=O) groups excluding carboxylic acids is 1. The lowest BCUT2D eigenvalue weighted by atomic mass is 10.2. The Hall–Kier alpha value is -3.16. The first kappa shape index (κ1) is 16.7. The molecule has 2 aromatic heterocycles. The van der Waals surface area contributed by atoms with Gasteiger partial charge in [-0.3, -0.25) is 9.78 Å². The SMILES string of the molecule is CCC(=O)Nc1ccnc(-c2cn(Cc3c(F)cccc3F)nn2)c1. The van der Waals surface area contributed by atoms with Crippen molar-refractivity contribution in [3.63, 3.8) is 0 Å². The topological polar surface area (TPSA) is 72.7 Å². The van der Waals surface area contributed by atoms with Gasteiger partial charge in [0.05, 0.1) is 18.4 Å². The average molecular weight is 343 g/mol. The van der Waals surface area contributed by atoms with Crippen LogP contribution < -0.4 is 5.32 Å². The van der Waals surface area contributed by atoms with Gasteiger partial charge in [-0.25, -0.2) is 13.5 Å². The Labute approximate surface area is 142 Å². The first-order chi connectivity index (χ1) is 12.1. The van der Waals surface area contributed by atoms with Gasteiger partial charge in [0.25, 0.3) is 0 Å². The Kier molecular flexibility index (Phi) is 4.78. The highest BCUT2D eigenvalue weighted by Gasteiger charge is 2.12. The number of aromatic nitrogens is 4. The van der Waals surface area contributed by atoms with Crippen LogP contribution in [0.1, 0.15) is 18.9 Å². The first-order valence-corrected chi connectivity index (χ1v) is 7.66. The molecule has 0 saturated heterocycles. The number of halogens is 2. The van der Waals surface area contributed by atoms with Gasteiger partial charge in [-0.15, -0.1) is 5.10 Å². The Morgan fingerprint density at radius 3 is 2.68 bits per heavy atom. The zero-order chi connectivity index (χ0) is 17.8. The van der Waals surface area contributed by atoms with Crippen molar-refractivity contribution in [1.82, 2.24) is 20.0 Å². The minimum atomic E-state index is -0.639. The maximum Gasteiger partial charge on any atom is 0.224 e. The number of nitrogens with zero attached hydrogens (tertiary/aromatic N) is 4. The normalized spacial score (nSPS) is 10.7. The van der Waals surface area contributed by atoms with E-state index in [1.54, 1.807) is 25.3 Å². The summed E-state index contributed by atoms with van der Waals surface area (Å²) >= 11 is 0. The fourth-order valence-electron chi connectivity index (χ4n) is 2.24. The van der Waals surface area contributed by atoms with Gasteiger partial charge in [-0.05, 0) is 24.3 Å². The number of amides is 1. The molecule has 3 aromatic rings. The lowest BCUT2D eigenvalue weighted by molar-refractivity contribution is -0.115. The Morgan fingerprint density at radius 1 is 1.20 bits per heavy atom. The summed E-state index contributed by atoms with van der Waals surface area (Å²) in [7, 11) is 0. The van der Waals surface area contributed by atoms with E-state index in [9.17, 15) is 13.6 Å². The van der Waals surface area contributed by atoms with Crippen molar-refractivity contribution in [3.8, 4) is 11.4 Å². The molecule has 0 spiro atoms. The third kappa shape index (κ3) is 3.85. The summed E-state index contributed by atoms with van der Waals surface area (Å²) in [6, 6.07) is 7.01. The second-order valence-electron chi connectivity index (χ2n) is 5.33. The van der Waals surface area contributed by atoms with Crippen LogP contribution >= 0.6 is 0 Å². The third-order valence-corrected chi connectivity index (χ3v) is 3.55. The van der Waals surface area contributed by atoms with E-state index in [-0.39, 0.29) is 18.0 Å². The predicted octanol–water partition coefficient (Wildman–Crippen LogP) is 3.02. The number of hydrogen-bond acceptors (Lipinski definition) is 4. The largest absolute Gasteiger partial charge is 0.326 e. The molecule has 128 valence electrons. The molecule has 1 aromatic carbocycles. The van der Waals surface area contributed by atoms with Crippen LogP contribution in [0.3, 0.4) is 0 Å². The molecule has 1 N–H and O–H groups in total. The molecule has 25 heavy (non-hydrogen) atoms. The molecule has 0 aliphatic carbocycles. The number of anilines is 1. The van der Waals surface area contributed by atoms with Crippen molar-refractivity contribution in [3.05, 3.63) is 59.9 Å². The second-order valence-corrected chi connectivity index (χ2v) is 5.33. The smallest absolute Gasteiger partial charge is 0.224 e. The van der Waals surface area contributed by atoms with E-state index in [2.05, 4.69) is 20.6 Å². The number of pyridine rings is 1. The zero-order valence-corrected chi connectivity index (χ0v) is 13.4. The number of hydrogen-bond donors (Lipinski definition) is 1. The molecule has 3 rings (SSSR count). The van der Waals surface area contributed by atoms with E-state index in [4.69, 9.17) is 0 Å². The third-order valence-electron chi connectivity index (χ3n) is 3.55. The monoisotopic (exact) mass is 343 g/mol. The van der Waals surface area contributed by atoms with Crippen LogP contribution in [0.5, 0.6) is 0 Å². The Morgan fingerprint density at radius 2 is 1.96 bits per heavy atom. The number of nitrogens with one attached hydrogen (secondary N) is 1. The van der Waals surface area contributed by atoms with Gasteiger partial charge in [0, 0.05) is 23.9 Å². The van der Waals surface area contributed by atoms with Gasteiger partial charge in [0.15, 0.2) is 0 Å². The van der Waals surface area contributed by atoms with Crippen molar-refractivity contribution < 1.29 is 13.6 Å². The molecular formula is C17H15F2N5O. The van der Waals surface area contributed by atoms with Gasteiger partial charge in [0.2, 0.25) is 5.91 Å². The van der Waals surface area contributed by atoms with E-state index in [1.807, 2.05) is 0 Å². The van der Waals surface area contributed by atoms with Gasteiger partial charge in [-0.1, -0.05) is 18.2 Å². The highest BCUT2D eigenvalue weighted by Crippen LogP contribution is 2.19. The van der Waals surface area contributed by atoms with Crippen LogP contribution in [-0.4, -0.2) is 25.9 Å². The minimum Gasteiger partial charge on any atom is -0.326 e. The maximum atomic E-state index is 13.7. The van der Waals surface area contributed by atoms with Crippen LogP contribution in [0.4, 0.5) is 14.5 Å². The molecule has 1 amide bonds. The van der Waals surface area contributed by atoms with Crippen molar-refractivity contribution in [2.75, 3.05) is 5.32 Å². The number of carbonyl (C=O) groups is 1. The summed E-state index contributed by atoms with van der Waals surface area (Å²) in [5.74, 6) is -1.39. The lowest BCUT2D eigenvalue weighted by Gasteiger charge is -2.04. The molecule has 8 heteroatoms. The summed E-state index contributed by atoms with van der Waals surface area (Å²) in [6.07, 6.45) is 3.44. The molecule has 6 nitrogen and oxygen atoms in total.